The number of thiophene rings is 1. The Labute approximate surface area is 139 Å². The average Bonchev–Trinajstić information content (AvgIpc) is 3.30. The Morgan fingerprint density at radius 1 is 1.39 bits per heavy atom. The second-order valence-corrected chi connectivity index (χ2v) is 6.73. The van der Waals surface area contributed by atoms with Crippen LogP contribution in [0, 0.1) is 6.92 Å². The van der Waals surface area contributed by atoms with Gasteiger partial charge in [-0.1, -0.05) is 0 Å². The molecule has 1 atom stereocenters. The molecule has 3 aromatic rings. The Morgan fingerprint density at radius 2 is 2.35 bits per heavy atom. The fraction of sp³-hybridized carbons (Fsp3) is 0.353. The molecule has 3 aromatic heterocycles. The molecule has 1 fully saturated rings. The monoisotopic (exact) mass is 325 g/mol. The lowest BCUT2D eigenvalue weighted by molar-refractivity contribution is 0.240. The molecule has 1 saturated heterocycles. The molecule has 1 aliphatic rings. The van der Waals surface area contributed by atoms with Crippen molar-refractivity contribution in [2.45, 2.75) is 32.4 Å². The SMILES string of the molecule is Cc1cc(-c2ncc[nH]2)nc([C@@H]2CCCN2Cc2ccsc2)n1. The predicted molar refractivity (Wildman–Crippen MR) is 91.1 cm³/mol. The van der Waals surface area contributed by atoms with E-state index in [2.05, 4.69) is 31.7 Å². The zero-order valence-electron chi connectivity index (χ0n) is 13.1. The van der Waals surface area contributed by atoms with Gasteiger partial charge in [0.05, 0.1) is 6.04 Å². The zero-order chi connectivity index (χ0) is 15.6. The van der Waals surface area contributed by atoms with Gasteiger partial charge in [0.15, 0.2) is 5.82 Å². The van der Waals surface area contributed by atoms with Gasteiger partial charge in [0.25, 0.3) is 0 Å². The van der Waals surface area contributed by atoms with E-state index in [0.717, 1.165) is 42.5 Å². The maximum Gasteiger partial charge on any atom is 0.156 e. The van der Waals surface area contributed by atoms with Crippen molar-refractivity contribution in [2.75, 3.05) is 6.54 Å². The molecule has 0 unspecified atom stereocenters. The first-order valence-electron chi connectivity index (χ1n) is 7.90. The average molecular weight is 325 g/mol. The van der Waals surface area contributed by atoms with Crippen molar-refractivity contribution in [3.8, 4) is 11.5 Å². The van der Waals surface area contributed by atoms with E-state index < -0.39 is 0 Å². The molecular formula is C17H19N5S. The van der Waals surface area contributed by atoms with Crippen LogP contribution in [-0.2, 0) is 6.54 Å². The third kappa shape index (κ3) is 3.04. The van der Waals surface area contributed by atoms with Crippen molar-refractivity contribution in [3.05, 3.63) is 52.4 Å². The number of aryl methyl sites for hydroxylation is 1. The van der Waals surface area contributed by atoms with E-state index in [9.17, 15) is 0 Å². The van der Waals surface area contributed by atoms with Crippen LogP contribution in [0.25, 0.3) is 11.5 Å². The van der Waals surface area contributed by atoms with Gasteiger partial charge in [0.1, 0.15) is 11.5 Å². The lowest BCUT2D eigenvalue weighted by atomic mass is 10.2. The number of imidazole rings is 1. The molecule has 1 aliphatic heterocycles. The first-order chi connectivity index (χ1) is 11.3. The lowest BCUT2D eigenvalue weighted by Gasteiger charge is -2.23. The first-order valence-corrected chi connectivity index (χ1v) is 8.84. The summed E-state index contributed by atoms with van der Waals surface area (Å²) in [6, 6.07) is 4.48. The second kappa shape index (κ2) is 6.22. The third-order valence-electron chi connectivity index (χ3n) is 4.24. The van der Waals surface area contributed by atoms with Gasteiger partial charge in [-0.25, -0.2) is 15.0 Å². The number of nitrogens with zero attached hydrogens (tertiary/aromatic N) is 4. The quantitative estimate of drug-likeness (QED) is 0.796. The summed E-state index contributed by atoms with van der Waals surface area (Å²) in [7, 11) is 0. The number of H-pyrrole nitrogens is 1. The lowest BCUT2D eigenvalue weighted by Crippen LogP contribution is -2.24. The van der Waals surface area contributed by atoms with E-state index in [-0.39, 0.29) is 0 Å². The number of hydrogen-bond donors (Lipinski definition) is 1. The molecule has 0 radical (unpaired) electrons. The summed E-state index contributed by atoms with van der Waals surface area (Å²) in [6.45, 7) is 4.10. The summed E-state index contributed by atoms with van der Waals surface area (Å²) in [5, 5.41) is 4.36. The molecule has 118 valence electrons. The number of rotatable bonds is 4. The largest absolute Gasteiger partial charge is 0.343 e. The molecule has 1 N–H and O–H groups in total. The highest BCUT2D eigenvalue weighted by Gasteiger charge is 2.29. The normalized spacial score (nSPS) is 18.6. The van der Waals surface area contributed by atoms with Crippen molar-refractivity contribution < 1.29 is 0 Å². The number of nitrogens with one attached hydrogen (secondary N) is 1. The number of aromatic amines is 1. The van der Waals surface area contributed by atoms with Gasteiger partial charge < -0.3 is 4.98 Å². The molecule has 6 heteroatoms. The number of likely N-dealkylation sites (tertiary alicyclic amines) is 1. The summed E-state index contributed by atoms with van der Waals surface area (Å²) in [5.41, 5.74) is 3.24. The Bertz CT molecular complexity index is 766. The number of hydrogen-bond acceptors (Lipinski definition) is 5. The van der Waals surface area contributed by atoms with Crippen LogP contribution in [0.2, 0.25) is 0 Å². The standard InChI is InChI=1S/C17H19N5S/c1-12-9-14(16-18-5-6-19-16)21-17(20-12)15-3-2-7-22(15)10-13-4-8-23-11-13/h4-6,8-9,11,15H,2-3,7,10H2,1H3,(H,18,19)/t15-/m0/s1. The van der Waals surface area contributed by atoms with Crippen molar-refractivity contribution in [1.29, 1.82) is 0 Å². The van der Waals surface area contributed by atoms with Crippen LogP contribution in [0.4, 0.5) is 0 Å². The van der Waals surface area contributed by atoms with Gasteiger partial charge in [0.2, 0.25) is 0 Å². The molecule has 0 aliphatic carbocycles. The van der Waals surface area contributed by atoms with Gasteiger partial charge in [0, 0.05) is 24.6 Å². The third-order valence-corrected chi connectivity index (χ3v) is 4.97. The highest BCUT2D eigenvalue weighted by molar-refractivity contribution is 7.07. The van der Waals surface area contributed by atoms with Gasteiger partial charge in [-0.3, -0.25) is 4.90 Å². The highest BCUT2D eigenvalue weighted by Crippen LogP contribution is 2.32. The Kier molecular flexibility index (Phi) is 3.93. The molecule has 4 rings (SSSR count). The minimum atomic E-state index is 0.295. The van der Waals surface area contributed by atoms with E-state index in [0.29, 0.717) is 6.04 Å². The van der Waals surface area contributed by atoms with E-state index >= 15 is 0 Å². The summed E-state index contributed by atoms with van der Waals surface area (Å²) in [6.07, 6.45) is 5.89. The molecule has 5 nitrogen and oxygen atoms in total. The molecule has 0 aromatic carbocycles. The number of aromatic nitrogens is 4. The summed E-state index contributed by atoms with van der Waals surface area (Å²) in [5.74, 6) is 1.73. The maximum atomic E-state index is 4.79. The molecule has 0 amide bonds. The Morgan fingerprint density at radius 3 is 3.13 bits per heavy atom. The summed E-state index contributed by atoms with van der Waals surface area (Å²) in [4.78, 5) is 19.4. The van der Waals surface area contributed by atoms with Crippen molar-refractivity contribution in [1.82, 2.24) is 24.8 Å². The van der Waals surface area contributed by atoms with Crippen LogP contribution in [0.1, 0.15) is 36.0 Å². The Balaban J connectivity index is 1.63. The minimum absolute atomic E-state index is 0.295. The van der Waals surface area contributed by atoms with Gasteiger partial charge in [-0.05, 0) is 54.8 Å². The molecule has 0 spiro atoms. The molecule has 4 heterocycles. The van der Waals surface area contributed by atoms with E-state index in [4.69, 9.17) is 9.97 Å². The Hall–Kier alpha value is -2.05. The van der Waals surface area contributed by atoms with Crippen LogP contribution in [-0.4, -0.2) is 31.4 Å². The maximum absolute atomic E-state index is 4.79. The van der Waals surface area contributed by atoms with Crippen LogP contribution >= 0.6 is 11.3 Å². The van der Waals surface area contributed by atoms with Gasteiger partial charge >= 0.3 is 0 Å². The van der Waals surface area contributed by atoms with Gasteiger partial charge in [-0.15, -0.1) is 0 Å². The molecule has 0 saturated carbocycles. The van der Waals surface area contributed by atoms with Crippen molar-refractivity contribution >= 4 is 11.3 Å². The molecular weight excluding hydrogens is 306 g/mol. The predicted octanol–water partition coefficient (Wildman–Crippen LogP) is 3.57. The molecule has 0 bridgehead atoms. The van der Waals surface area contributed by atoms with Crippen LogP contribution in [0.5, 0.6) is 0 Å². The van der Waals surface area contributed by atoms with E-state index in [1.165, 1.54) is 12.0 Å². The summed E-state index contributed by atoms with van der Waals surface area (Å²) < 4.78 is 0. The topological polar surface area (TPSA) is 57.7 Å². The van der Waals surface area contributed by atoms with Crippen LogP contribution in [0.3, 0.4) is 0 Å². The van der Waals surface area contributed by atoms with E-state index in [1.807, 2.05) is 19.2 Å². The van der Waals surface area contributed by atoms with Crippen LogP contribution in [0.15, 0.2) is 35.3 Å². The van der Waals surface area contributed by atoms with Crippen LogP contribution < -0.4 is 0 Å². The van der Waals surface area contributed by atoms with Crippen molar-refractivity contribution in [2.24, 2.45) is 0 Å². The zero-order valence-corrected chi connectivity index (χ0v) is 13.9. The van der Waals surface area contributed by atoms with Gasteiger partial charge in [-0.2, -0.15) is 11.3 Å². The van der Waals surface area contributed by atoms with E-state index in [1.54, 1.807) is 17.5 Å². The summed E-state index contributed by atoms with van der Waals surface area (Å²) >= 11 is 1.75. The second-order valence-electron chi connectivity index (χ2n) is 5.95. The molecule has 23 heavy (non-hydrogen) atoms. The highest BCUT2D eigenvalue weighted by atomic mass is 32.1. The minimum Gasteiger partial charge on any atom is -0.343 e. The fourth-order valence-electron chi connectivity index (χ4n) is 3.19. The first kappa shape index (κ1) is 14.5. The smallest absolute Gasteiger partial charge is 0.156 e. The van der Waals surface area contributed by atoms with Crippen molar-refractivity contribution in [3.63, 3.8) is 0 Å². The fourth-order valence-corrected chi connectivity index (χ4v) is 3.85.